The van der Waals surface area contributed by atoms with Gasteiger partial charge in [0, 0.05) is 18.7 Å². The Labute approximate surface area is 193 Å². The molecule has 0 unspecified atom stereocenters. The molecule has 0 radical (unpaired) electrons. The van der Waals surface area contributed by atoms with Crippen LogP contribution < -0.4 is 10.2 Å². The van der Waals surface area contributed by atoms with Crippen molar-refractivity contribution < 1.29 is 17.9 Å². The Bertz CT molecular complexity index is 1240. The maximum Gasteiger partial charge on any atom is 0.271 e. The van der Waals surface area contributed by atoms with Gasteiger partial charge in [-0.2, -0.15) is 9.41 Å². The Hall–Kier alpha value is -3.49. The first-order chi connectivity index (χ1) is 16.0. The Morgan fingerprint density at radius 2 is 1.73 bits per heavy atom. The topological polar surface area (TPSA) is 88.1 Å². The monoisotopic (exact) mass is 463 g/mol. The molecule has 1 aliphatic heterocycles. The summed E-state index contributed by atoms with van der Waals surface area (Å²) in [5.74, 6) is 0.204. The van der Waals surface area contributed by atoms with Crippen molar-refractivity contribution in [2.24, 2.45) is 5.10 Å². The van der Waals surface area contributed by atoms with Gasteiger partial charge in [0.1, 0.15) is 12.4 Å². The molecule has 1 fully saturated rings. The third-order valence-corrected chi connectivity index (χ3v) is 7.18. The van der Waals surface area contributed by atoms with Gasteiger partial charge in [-0.05, 0) is 54.3 Å². The number of hydrogen-bond donors (Lipinski definition) is 1. The zero-order valence-electron chi connectivity index (χ0n) is 18.1. The van der Waals surface area contributed by atoms with Crippen LogP contribution in [0.25, 0.3) is 0 Å². The van der Waals surface area contributed by atoms with Crippen molar-refractivity contribution in [1.82, 2.24) is 9.73 Å². The van der Waals surface area contributed by atoms with Crippen LogP contribution in [0.15, 0.2) is 88.9 Å². The van der Waals surface area contributed by atoms with Crippen molar-refractivity contribution in [1.29, 1.82) is 0 Å². The van der Waals surface area contributed by atoms with Crippen LogP contribution in [0.5, 0.6) is 5.75 Å². The molecule has 3 aromatic rings. The molecule has 1 amide bonds. The molecule has 33 heavy (non-hydrogen) atoms. The molecule has 0 spiro atoms. The lowest BCUT2D eigenvalue weighted by atomic mass is 10.2. The van der Waals surface area contributed by atoms with E-state index in [0.717, 1.165) is 24.0 Å². The van der Waals surface area contributed by atoms with Gasteiger partial charge in [0.25, 0.3) is 5.91 Å². The number of nitrogens with one attached hydrogen (secondary N) is 1. The number of benzene rings is 3. The second kappa shape index (κ2) is 10.4. The average molecular weight is 464 g/mol. The molecular formula is C25H25N3O4S. The normalized spacial score (nSPS) is 14.4. The smallest absolute Gasteiger partial charge is 0.271 e. The van der Waals surface area contributed by atoms with Gasteiger partial charge in [-0.15, -0.1) is 0 Å². The van der Waals surface area contributed by atoms with E-state index in [2.05, 4.69) is 10.5 Å². The first-order valence-corrected chi connectivity index (χ1v) is 12.2. The fourth-order valence-electron chi connectivity index (χ4n) is 3.53. The minimum Gasteiger partial charge on any atom is -0.489 e. The third kappa shape index (κ3) is 5.85. The van der Waals surface area contributed by atoms with E-state index in [4.69, 9.17) is 4.74 Å². The molecule has 1 aliphatic rings. The molecule has 8 heteroatoms. The van der Waals surface area contributed by atoms with E-state index < -0.39 is 15.9 Å². The highest BCUT2D eigenvalue weighted by molar-refractivity contribution is 7.89. The lowest BCUT2D eigenvalue weighted by molar-refractivity contribution is 0.0955. The lowest BCUT2D eigenvalue weighted by Crippen LogP contribution is -2.28. The van der Waals surface area contributed by atoms with Crippen LogP contribution in [-0.4, -0.2) is 37.9 Å². The SMILES string of the molecule is O=C(N/N=C\c1cccc(OCc2ccccc2)c1)c1cccc(S(=O)(=O)N2CCCC2)c1. The summed E-state index contributed by atoms with van der Waals surface area (Å²) in [6, 6.07) is 23.2. The Morgan fingerprint density at radius 1 is 0.970 bits per heavy atom. The highest BCUT2D eigenvalue weighted by Gasteiger charge is 2.27. The zero-order valence-corrected chi connectivity index (χ0v) is 18.9. The van der Waals surface area contributed by atoms with E-state index in [1.165, 1.54) is 22.7 Å². The summed E-state index contributed by atoms with van der Waals surface area (Å²) in [5, 5.41) is 4.01. The maximum atomic E-state index is 12.7. The highest BCUT2D eigenvalue weighted by Crippen LogP contribution is 2.21. The lowest BCUT2D eigenvalue weighted by Gasteiger charge is -2.15. The quantitative estimate of drug-likeness (QED) is 0.406. The minimum atomic E-state index is -3.59. The molecule has 7 nitrogen and oxygen atoms in total. The van der Waals surface area contributed by atoms with Crippen LogP contribution in [0, 0.1) is 0 Å². The number of sulfonamides is 1. The summed E-state index contributed by atoms with van der Waals surface area (Å²) in [6.45, 7) is 1.48. The second-order valence-electron chi connectivity index (χ2n) is 7.68. The van der Waals surface area contributed by atoms with Crippen LogP contribution >= 0.6 is 0 Å². The van der Waals surface area contributed by atoms with Crippen LogP contribution in [-0.2, 0) is 16.6 Å². The summed E-state index contributed by atoms with van der Waals surface area (Å²) < 4.78 is 32.7. The van der Waals surface area contributed by atoms with Crippen LogP contribution in [0.2, 0.25) is 0 Å². The van der Waals surface area contributed by atoms with Gasteiger partial charge < -0.3 is 4.74 Å². The fraction of sp³-hybridized carbons (Fsp3) is 0.200. The predicted octanol–water partition coefficient (Wildman–Crippen LogP) is 3.81. The summed E-state index contributed by atoms with van der Waals surface area (Å²) in [7, 11) is -3.59. The molecule has 3 aromatic carbocycles. The van der Waals surface area contributed by atoms with Crippen molar-refractivity contribution in [2.45, 2.75) is 24.3 Å². The van der Waals surface area contributed by atoms with E-state index >= 15 is 0 Å². The van der Waals surface area contributed by atoms with Crippen LogP contribution in [0.4, 0.5) is 0 Å². The second-order valence-corrected chi connectivity index (χ2v) is 9.62. The molecule has 0 atom stereocenters. The van der Waals surface area contributed by atoms with Gasteiger partial charge in [0.15, 0.2) is 0 Å². The van der Waals surface area contributed by atoms with E-state index in [9.17, 15) is 13.2 Å². The number of carbonyl (C=O) groups is 1. The summed E-state index contributed by atoms with van der Waals surface area (Å²) >= 11 is 0. The average Bonchev–Trinajstić information content (AvgIpc) is 3.40. The molecule has 0 saturated carbocycles. The van der Waals surface area contributed by atoms with Gasteiger partial charge >= 0.3 is 0 Å². The van der Waals surface area contributed by atoms with Crippen molar-refractivity contribution in [2.75, 3.05) is 13.1 Å². The number of carbonyl (C=O) groups excluding carboxylic acids is 1. The molecule has 4 rings (SSSR count). The molecular weight excluding hydrogens is 438 g/mol. The first-order valence-electron chi connectivity index (χ1n) is 10.7. The predicted molar refractivity (Wildman–Crippen MR) is 127 cm³/mol. The molecule has 1 saturated heterocycles. The molecule has 170 valence electrons. The van der Waals surface area contributed by atoms with Crippen LogP contribution in [0.1, 0.15) is 34.3 Å². The van der Waals surface area contributed by atoms with Crippen molar-refractivity contribution in [3.8, 4) is 5.75 Å². The number of ether oxygens (including phenoxy) is 1. The number of rotatable bonds is 8. The Kier molecular flexibility index (Phi) is 7.16. The summed E-state index contributed by atoms with van der Waals surface area (Å²) in [4.78, 5) is 12.6. The van der Waals surface area contributed by atoms with Gasteiger partial charge in [0.2, 0.25) is 10.0 Å². The van der Waals surface area contributed by atoms with Crippen molar-refractivity contribution >= 4 is 22.1 Å². The Balaban J connectivity index is 1.37. The highest BCUT2D eigenvalue weighted by atomic mass is 32.2. The number of hydrazone groups is 1. The largest absolute Gasteiger partial charge is 0.489 e. The molecule has 0 bridgehead atoms. The minimum absolute atomic E-state index is 0.115. The molecule has 0 aliphatic carbocycles. The van der Waals surface area contributed by atoms with Gasteiger partial charge in [-0.25, -0.2) is 13.8 Å². The number of nitrogens with zero attached hydrogens (tertiary/aromatic N) is 2. The first kappa shape index (κ1) is 22.7. The number of hydrogen-bond acceptors (Lipinski definition) is 5. The summed E-state index contributed by atoms with van der Waals surface area (Å²) in [5.41, 5.74) is 4.51. The van der Waals surface area contributed by atoms with E-state index in [-0.39, 0.29) is 10.5 Å². The van der Waals surface area contributed by atoms with Crippen molar-refractivity contribution in [3.63, 3.8) is 0 Å². The zero-order chi connectivity index (χ0) is 23.1. The van der Waals surface area contributed by atoms with E-state index in [1.807, 2.05) is 54.6 Å². The summed E-state index contributed by atoms with van der Waals surface area (Å²) in [6.07, 6.45) is 3.22. The van der Waals surface area contributed by atoms with E-state index in [0.29, 0.717) is 25.4 Å². The molecule has 1 heterocycles. The van der Waals surface area contributed by atoms with Crippen molar-refractivity contribution in [3.05, 3.63) is 95.6 Å². The molecule has 1 N–H and O–H groups in total. The van der Waals surface area contributed by atoms with Gasteiger partial charge in [-0.3, -0.25) is 4.79 Å². The van der Waals surface area contributed by atoms with E-state index in [1.54, 1.807) is 12.1 Å². The van der Waals surface area contributed by atoms with Gasteiger partial charge in [-0.1, -0.05) is 48.5 Å². The number of amides is 1. The fourth-order valence-corrected chi connectivity index (χ4v) is 5.09. The maximum absolute atomic E-state index is 12.7. The van der Waals surface area contributed by atoms with Gasteiger partial charge in [0.05, 0.1) is 11.1 Å². The molecule has 0 aromatic heterocycles. The standard InChI is InChI=1S/C25H25N3O4S/c29-25(22-11-7-13-24(17-22)33(30,31)28-14-4-5-15-28)27-26-18-21-10-6-12-23(16-21)32-19-20-8-2-1-3-9-20/h1-3,6-13,16-18H,4-5,14-15,19H2,(H,27,29)/b26-18-. The Morgan fingerprint density at radius 3 is 2.52 bits per heavy atom. The third-order valence-electron chi connectivity index (χ3n) is 5.29. The van der Waals surface area contributed by atoms with Crippen LogP contribution in [0.3, 0.4) is 0 Å².